The Balaban J connectivity index is 0.00000676. The molecule has 154 valence electrons. The van der Waals surface area contributed by atoms with Crippen molar-refractivity contribution >= 4 is 35.8 Å². The predicted molar refractivity (Wildman–Crippen MR) is 125 cm³/mol. The fourth-order valence-corrected chi connectivity index (χ4v) is 2.41. The van der Waals surface area contributed by atoms with Gasteiger partial charge < -0.3 is 20.4 Å². The zero-order chi connectivity index (χ0) is 19.5. The molecule has 1 aromatic rings. The zero-order valence-electron chi connectivity index (χ0n) is 17.6. The lowest BCUT2D eigenvalue weighted by Crippen LogP contribution is -2.42. The maximum Gasteiger partial charge on any atom is 0.253 e. The first-order chi connectivity index (χ1) is 12.4. The summed E-state index contributed by atoms with van der Waals surface area (Å²) in [5, 5.41) is 6.66. The van der Waals surface area contributed by atoms with E-state index in [2.05, 4.69) is 48.3 Å². The van der Waals surface area contributed by atoms with Crippen molar-refractivity contribution in [3.63, 3.8) is 0 Å². The van der Waals surface area contributed by atoms with E-state index in [1.165, 1.54) is 0 Å². The Labute approximate surface area is 181 Å². The highest BCUT2D eigenvalue weighted by atomic mass is 127. The normalized spacial score (nSPS) is 12.3. The van der Waals surface area contributed by atoms with Gasteiger partial charge in [0.25, 0.3) is 5.91 Å². The van der Waals surface area contributed by atoms with Gasteiger partial charge in [0.15, 0.2) is 5.96 Å². The van der Waals surface area contributed by atoms with Gasteiger partial charge in [-0.1, -0.05) is 19.1 Å². The second kappa shape index (κ2) is 13.8. The van der Waals surface area contributed by atoms with Gasteiger partial charge in [0, 0.05) is 45.3 Å². The van der Waals surface area contributed by atoms with Crippen LogP contribution in [0.1, 0.15) is 43.1 Å². The van der Waals surface area contributed by atoms with Crippen molar-refractivity contribution < 1.29 is 4.79 Å². The molecule has 27 heavy (non-hydrogen) atoms. The van der Waals surface area contributed by atoms with Crippen molar-refractivity contribution in [2.24, 2.45) is 4.99 Å². The molecular weight excluding hydrogens is 453 g/mol. The molecule has 0 bridgehead atoms. The summed E-state index contributed by atoms with van der Waals surface area (Å²) in [5.41, 5.74) is 1.77. The van der Waals surface area contributed by atoms with Crippen molar-refractivity contribution in [3.05, 3.63) is 35.4 Å². The number of hydrogen-bond acceptors (Lipinski definition) is 3. The first kappa shape index (κ1) is 25.6. The summed E-state index contributed by atoms with van der Waals surface area (Å²) in [6.45, 7) is 9.73. The first-order valence-electron chi connectivity index (χ1n) is 9.42. The number of hydrogen-bond donors (Lipinski definition) is 2. The van der Waals surface area contributed by atoms with Gasteiger partial charge in [-0.2, -0.15) is 0 Å². The molecule has 1 aromatic carbocycles. The number of carbonyl (C=O) groups excluding carboxylic acids is 1. The molecular formula is C20H36IN5O. The molecule has 1 rings (SSSR count). The van der Waals surface area contributed by atoms with Gasteiger partial charge in [-0.05, 0) is 45.0 Å². The second-order valence-corrected chi connectivity index (χ2v) is 6.76. The summed E-state index contributed by atoms with van der Waals surface area (Å²) in [7, 11) is 5.66. The summed E-state index contributed by atoms with van der Waals surface area (Å²) in [6.07, 6.45) is 1.15. The molecule has 0 spiro atoms. The molecule has 0 saturated carbocycles. The van der Waals surface area contributed by atoms with Crippen LogP contribution in [0.4, 0.5) is 0 Å². The highest BCUT2D eigenvalue weighted by Gasteiger charge is 2.08. The summed E-state index contributed by atoms with van der Waals surface area (Å²) < 4.78 is 0. The molecule has 0 saturated heterocycles. The lowest BCUT2D eigenvalue weighted by Gasteiger charge is -2.24. The van der Waals surface area contributed by atoms with Crippen molar-refractivity contribution in [2.45, 2.75) is 39.8 Å². The van der Waals surface area contributed by atoms with Crippen molar-refractivity contribution in [1.29, 1.82) is 0 Å². The van der Waals surface area contributed by atoms with Crippen molar-refractivity contribution in [2.75, 3.05) is 40.8 Å². The third-order valence-corrected chi connectivity index (χ3v) is 4.47. The van der Waals surface area contributed by atoms with Crippen LogP contribution in [0.5, 0.6) is 0 Å². The molecule has 1 atom stereocenters. The Bertz CT molecular complexity index is 574. The summed E-state index contributed by atoms with van der Waals surface area (Å²) >= 11 is 0. The van der Waals surface area contributed by atoms with Crippen molar-refractivity contribution in [1.82, 2.24) is 20.4 Å². The fraction of sp³-hybridized carbons (Fsp3) is 0.600. The van der Waals surface area contributed by atoms with Gasteiger partial charge in [-0.25, -0.2) is 4.99 Å². The Morgan fingerprint density at radius 1 is 1.11 bits per heavy atom. The number of nitrogens with zero attached hydrogens (tertiary/aromatic N) is 3. The molecule has 0 aliphatic heterocycles. The van der Waals surface area contributed by atoms with Gasteiger partial charge in [0.2, 0.25) is 0 Å². The van der Waals surface area contributed by atoms with E-state index in [1.54, 1.807) is 19.0 Å². The molecule has 1 amide bonds. The van der Waals surface area contributed by atoms with Crippen LogP contribution in [-0.4, -0.2) is 68.5 Å². The van der Waals surface area contributed by atoms with Crippen molar-refractivity contribution in [3.8, 4) is 0 Å². The molecule has 1 unspecified atom stereocenters. The molecule has 0 heterocycles. The molecule has 7 heteroatoms. The van der Waals surface area contributed by atoms with Crippen LogP contribution in [0, 0.1) is 0 Å². The second-order valence-electron chi connectivity index (χ2n) is 6.76. The Hall–Kier alpha value is -1.35. The molecule has 0 radical (unpaired) electrons. The van der Waals surface area contributed by atoms with Gasteiger partial charge >= 0.3 is 0 Å². The quantitative estimate of drug-likeness (QED) is 0.318. The van der Waals surface area contributed by atoms with Crippen LogP contribution < -0.4 is 10.6 Å². The van der Waals surface area contributed by atoms with Gasteiger partial charge in [0.1, 0.15) is 0 Å². The summed E-state index contributed by atoms with van der Waals surface area (Å²) in [5.74, 6) is 0.832. The van der Waals surface area contributed by atoms with E-state index < -0.39 is 0 Å². The number of nitrogens with one attached hydrogen (secondary N) is 2. The standard InChI is InChI=1S/C20H35N5O.HI/c1-7-16(3)25(6)14-13-22-20(21-8-2)23-15-17-9-11-18(12-10-17)19(26)24(4)5;/h9-12,16H,7-8,13-15H2,1-6H3,(H2,21,22,23);1H. The molecule has 0 aliphatic carbocycles. The van der Waals surface area contributed by atoms with E-state index in [0.717, 1.165) is 37.6 Å². The molecule has 0 aromatic heterocycles. The van der Waals surface area contributed by atoms with E-state index in [9.17, 15) is 4.79 Å². The smallest absolute Gasteiger partial charge is 0.253 e. The average molecular weight is 489 g/mol. The largest absolute Gasteiger partial charge is 0.357 e. The fourth-order valence-electron chi connectivity index (χ4n) is 2.41. The minimum Gasteiger partial charge on any atom is -0.357 e. The summed E-state index contributed by atoms with van der Waals surface area (Å²) in [4.78, 5) is 20.5. The predicted octanol–water partition coefficient (Wildman–Crippen LogP) is 2.79. The van der Waals surface area contributed by atoms with E-state index in [4.69, 9.17) is 0 Å². The van der Waals surface area contributed by atoms with Crippen LogP contribution in [0.2, 0.25) is 0 Å². The molecule has 0 fully saturated rings. The highest BCUT2D eigenvalue weighted by Crippen LogP contribution is 2.07. The Morgan fingerprint density at radius 2 is 1.74 bits per heavy atom. The molecule has 0 aliphatic rings. The number of benzene rings is 1. The lowest BCUT2D eigenvalue weighted by molar-refractivity contribution is 0.0827. The third kappa shape index (κ3) is 9.41. The number of carbonyl (C=O) groups is 1. The van der Waals surface area contributed by atoms with Crippen LogP contribution in [-0.2, 0) is 6.54 Å². The number of guanidine groups is 1. The maximum absolute atomic E-state index is 11.9. The highest BCUT2D eigenvalue weighted by molar-refractivity contribution is 14.0. The zero-order valence-corrected chi connectivity index (χ0v) is 19.9. The van der Waals surface area contributed by atoms with Crippen LogP contribution in [0.3, 0.4) is 0 Å². The first-order valence-corrected chi connectivity index (χ1v) is 9.42. The number of likely N-dealkylation sites (N-methyl/N-ethyl adjacent to an activating group) is 1. The molecule has 2 N–H and O–H groups in total. The van der Waals surface area contributed by atoms with Crippen LogP contribution in [0.25, 0.3) is 0 Å². The SMILES string of the molecule is CCNC(=NCc1ccc(C(=O)N(C)C)cc1)NCCN(C)C(C)CC.I. The average Bonchev–Trinajstić information content (AvgIpc) is 2.64. The molecule has 6 nitrogen and oxygen atoms in total. The number of halogens is 1. The van der Waals surface area contributed by atoms with Gasteiger partial charge in [-0.3, -0.25) is 4.79 Å². The third-order valence-electron chi connectivity index (χ3n) is 4.47. The van der Waals surface area contributed by atoms with Crippen LogP contribution >= 0.6 is 24.0 Å². The van der Waals surface area contributed by atoms with E-state index in [-0.39, 0.29) is 29.9 Å². The minimum atomic E-state index is 0. The lowest BCUT2D eigenvalue weighted by atomic mass is 10.1. The van der Waals surface area contributed by atoms with E-state index >= 15 is 0 Å². The van der Waals surface area contributed by atoms with Crippen LogP contribution in [0.15, 0.2) is 29.3 Å². The number of rotatable bonds is 9. The number of aliphatic imine (C=N–C) groups is 1. The maximum atomic E-state index is 11.9. The van der Waals surface area contributed by atoms with E-state index in [0.29, 0.717) is 18.2 Å². The van der Waals surface area contributed by atoms with E-state index in [1.807, 2.05) is 24.3 Å². The van der Waals surface area contributed by atoms with Gasteiger partial charge in [-0.15, -0.1) is 24.0 Å². The topological polar surface area (TPSA) is 60.0 Å². The Morgan fingerprint density at radius 3 is 2.26 bits per heavy atom. The summed E-state index contributed by atoms with van der Waals surface area (Å²) in [6, 6.07) is 8.21. The van der Waals surface area contributed by atoms with Gasteiger partial charge in [0.05, 0.1) is 6.54 Å². The Kier molecular flexibility index (Phi) is 13.1. The number of amides is 1. The minimum absolute atomic E-state index is 0. The monoisotopic (exact) mass is 489 g/mol.